The molecule has 0 bridgehead atoms. The maximum absolute atomic E-state index is 9.30. The predicted molar refractivity (Wildman–Crippen MR) is 68.7 cm³/mol. The molecule has 0 aliphatic rings. The van der Waals surface area contributed by atoms with Crippen LogP contribution in [0.4, 0.5) is 0 Å². The van der Waals surface area contributed by atoms with E-state index >= 15 is 0 Å². The third-order valence-corrected chi connectivity index (χ3v) is 3.23. The molecule has 2 rings (SSSR count). The van der Waals surface area contributed by atoms with Crippen molar-refractivity contribution in [2.45, 2.75) is 27.4 Å². The van der Waals surface area contributed by atoms with Crippen LogP contribution in [0.25, 0.3) is 5.69 Å². The highest BCUT2D eigenvalue weighted by Crippen LogP contribution is 2.23. The van der Waals surface area contributed by atoms with Crippen LogP contribution in [-0.2, 0) is 6.61 Å². The Morgan fingerprint density at radius 3 is 2.59 bits per heavy atom. The van der Waals surface area contributed by atoms with Gasteiger partial charge in [0, 0.05) is 16.3 Å². The molecule has 0 atom stereocenters. The Kier molecular flexibility index (Phi) is 3.22. The van der Waals surface area contributed by atoms with Crippen LogP contribution in [0.2, 0.25) is 5.02 Å². The second-order valence-electron chi connectivity index (χ2n) is 4.15. The quantitative estimate of drug-likeness (QED) is 0.890. The number of aryl methyl sites for hydroxylation is 2. The fraction of sp³-hybridized carbons (Fsp3) is 0.308. The molecule has 0 amide bonds. The summed E-state index contributed by atoms with van der Waals surface area (Å²) in [6.45, 7) is 5.87. The molecule has 4 heteroatoms. The first kappa shape index (κ1) is 12.1. The van der Waals surface area contributed by atoms with E-state index in [-0.39, 0.29) is 6.61 Å². The van der Waals surface area contributed by atoms with Gasteiger partial charge in [0.15, 0.2) is 0 Å². The summed E-state index contributed by atoms with van der Waals surface area (Å²) in [5, 5.41) is 14.4. The molecule has 0 spiro atoms. The van der Waals surface area contributed by atoms with Gasteiger partial charge in [-0.15, -0.1) is 0 Å². The topological polar surface area (TPSA) is 38.0 Å². The molecular formula is C13H15ClN2O. The van der Waals surface area contributed by atoms with E-state index in [0.717, 1.165) is 28.2 Å². The van der Waals surface area contributed by atoms with Crippen LogP contribution >= 0.6 is 11.6 Å². The first-order chi connectivity index (χ1) is 8.04. The number of benzene rings is 1. The molecule has 0 unspecified atom stereocenters. The normalized spacial score (nSPS) is 10.9. The fourth-order valence-corrected chi connectivity index (χ4v) is 2.12. The maximum atomic E-state index is 9.30. The Labute approximate surface area is 106 Å². The highest BCUT2D eigenvalue weighted by atomic mass is 35.5. The second kappa shape index (κ2) is 4.51. The van der Waals surface area contributed by atoms with Crippen molar-refractivity contribution < 1.29 is 5.11 Å². The molecular weight excluding hydrogens is 236 g/mol. The molecule has 1 aromatic carbocycles. The summed E-state index contributed by atoms with van der Waals surface area (Å²) in [5.74, 6) is 0. The summed E-state index contributed by atoms with van der Waals surface area (Å²) in [6, 6.07) is 5.71. The number of rotatable bonds is 2. The third kappa shape index (κ3) is 2.08. The molecule has 0 saturated carbocycles. The van der Waals surface area contributed by atoms with Gasteiger partial charge in [0.25, 0.3) is 0 Å². The summed E-state index contributed by atoms with van der Waals surface area (Å²) < 4.78 is 1.84. The number of aliphatic hydroxyl groups is 1. The smallest absolute Gasteiger partial charge is 0.0718 e. The molecule has 1 aromatic heterocycles. The van der Waals surface area contributed by atoms with Crippen LogP contribution in [0.5, 0.6) is 0 Å². The van der Waals surface area contributed by atoms with E-state index in [0.29, 0.717) is 5.02 Å². The monoisotopic (exact) mass is 250 g/mol. The van der Waals surface area contributed by atoms with Crippen molar-refractivity contribution in [1.29, 1.82) is 0 Å². The van der Waals surface area contributed by atoms with E-state index < -0.39 is 0 Å². The van der Waals surface area contributed by atoms with Crippen molar-refractivity contribution in [2.75, 3.05) is 0 Å². The lowest BCUT2D eigenvalue weighted by atomic mass is 10.2. The van der Waals surface area contributed by atoms with Gasteiger partial charge in [0.1, 0.15) is 0 Å². The van der Waals surface area contributed by atoms with Crippen LogP contribution in [0.3, 0.4) is 0 Å². The SMILES string of the molecule is Cc1ccc(Cl)cc1-n1nc(C)c(CO)c1C. The van der Waals surface area contributed by atoms with Crippen molar-refractivity contribution in [3.05, 3.63) is 45.7 Å². The number of aliphatic hydroxyl groups excluding tert-OH is 1. The van der Waals surface area contributed by atoms with Gasteiger partial charge in [-0.2, -0.15) is 5.10 Å². The molecule has 1 N–H and O–H groups in total. The molecule has 2 aromatic rings. The molecule has 90 valence electrons. The zero-order valence-corrected chi connectivity index (χ0v) is 10.9. The minimum absolute atomic E-state index is 0.0112. The van der Waals surface area contributed by atoms with Gasteiger partial charge in [-0.1, -0.05) is 17.7 Å². The van der Waals surface area contributed by atoms with Gasteiger partial charge in [-0.3, -0.25) is 0 Å². The number of hydrogen-bond acceptors (Lipinski definition) is 2. The minimum atomic E-state index is 0.0112. The Balaban J connectivity index is 2.64. The maximum Gasteiger partial charge on any atom is 0.0718 e. The van der Waals surface area contributed by atoms with Gasteiger partial charge in [0.05, 0.1) is 18.0 Å². The number of hydrogen-bond donors (Lipinski definition) is 1. The lowest BCUT2D eigenvalue weighted by Gasteiger charge is -2.08. The van der Waals surface area contributed by atoms with Gasteiger partial charge in [0.2, 0.25) is 0 Å². The number of nitrogens with zero attached hydrogens (tertiary/aromatic N) is 2. The van der Waals surface area contributed by atoms with E-state index in [1.807, 2.05) is 43.7 Å². The molecule has 0 aliphatic carbocycles. The zero-order chi connectivity index (χ0) is 12.6. The van der Waals surface area contributed by atoms with Crippen LogP contribution < -0.4 is 0 Å². The third-order valence-electron chi connectivity index (χ3n) is 3.00. The van der Waals surface area contributed by atoms with Crippen LogP contribution in [-0.4, -0.2) is 14.9 Å². The average molecular weight is 251 g/mol. The molecule has 1 heterocycles. The lowest BCUT2D eigenvalue weighted by molar-refractivity contribution is 0.280. The van der Waals surface area contributed by atoms with E-state index in [1.165, 1.54) is 0 Å². The van der Waals surface area contributed by atoms with Crippen molar-refractivity contribution in [2.24, 2.45) is 0 Å². The highest BCUT2D eigenvalue weighted by Gasteiger charge is 2.13. The zero-order valence-electron chi connectivity index (χ0n) is 10.2. The number of halogens is 1. The van der Waals surface area contributed by atoms with Gasteiger partial charge >= 0.3 is 0 Å². The summed E-state index contributed by atoms with van der Waals surface area (Å²) in [7, 11) is 0. The minimum Gasteiger partial charge on any atom is -0.392 e. The van der Waals surface area contributed by atoms with Crippen LogP contribution in [0.15, 0.2) is 18.2 Å². The van der Waals surface area contributed by atoms with Crippen molar-refractivity contribution in [3.63, 3.8) is 0 Å². The van der Waals surface area contributed by atoms with E-state index in [1.54, 1.807) is 0 Å². The first-order valence-electron chi connectivity index (χ1n) is 5.47. The van der Waals surface area contributed by atoms with Crippen molar-refractivity contribution in [3.8, 4) is 5.69 Å². The van der Waals surface area contributed by atoms with Gasteiger partial charge in [-0.25, -0.2) is 4.68 Å². The van der Waals surface area contributed by atoms with E-state index in [2.05, 4.69) is 5.10 Å². The fourth-order valence-electron chi connectivity index (χ4n) is 1.95. The lowest BCUT2D eigenvalue weighted by Crippen LogP contribution is -2.02. The molecule has 0 aliphatic heterocycles. The summed E-state index contributed by atoms with van der Waals surface area (Å²) >= 11 is 6.01. The standard InChI is InChI=1S/C13H15ClN2O/c1-8-4-5-11(14)6-13(8)16-10(3)12(7-17)9(2)15-16/h4-6,17H,7H2,1-3H3. The molecule has 0 fully saturated rings. The van der Waals surface area contributed by atoms with Crippen molar-refractivity contribution in [1.82, 2.24) is 9.78 Å². The van der Waals surface area contributed by atoms with E-state index in [4.69, 9.17) is 11.6 Å². The van der Waals surface area contributed by atoms with Gasteiger partial charge < -0.3 is 5.11 Å². The Morgan fingerprint density at radius 2 is 2.00 bits per heavy atom. The molecule has 17 heavy (non-hydrogen) atoms. The largest absolute Gasteiger partial charge is 0.392 e. The van der Waals surface area contributed by atoms with E-state index in [9.17, 15) is 5.11 Å². The Morgan fingerprint density at radius 1 is 1.29 bits per heavy atom. The van der Waals surface area contributed by atoms with Crippen LogP contribution in [0, 0.1) is 20.8 Å². The summed E-state index contributed by atoms with van der Waals surface area (Å²) in [5.41, 5.74) is 4.74. The summed E-state index contributed by atoms with van der Waals surface area (Å²) in [6.07, 6.45) is 0. The summed E-state index contributed by atoms with van der Waals surface area (Å²) in [4.78, 5) is 0. The predicted octanol–water partition coefficient (Wildman–Crippen LogP) is 2.94. The Hall–Kier alpha value is -1.32. The Bertz CT molecular complexity index is 561. The molecule has 0 radical (unpaired) electrons. The highest BCUT2D eigenvalue weighted by molar-refractivity contribution is 6.30. The molecule has 0 saturated heterocycles. The average Bonchev–Trinajstić information content (AvgIpc) is 2.57. The number of aromatic nitrogens is 2. The first-order valence-corrected chi connectivity index (χ1v) is 5.85. The molecule has 3 nitrogen and oxygen atoms in total. The van der Waals surface area contributed by atoms with Crippen molar-refractivity contribution >= 4 is 11.6 Å². The van der Waals surface area contributed by atoms with Gasteiger partial charge in [-0.05, 0) is 38.5 Å². The second-order valence-corrected chi connectivity index (χ2v) is 4.59. The van der Waals surface area contributed by atoms with Crippen LogP contribution in [0.1, 0.15) is 22.5 Å².